The molecule has 3 aromatic carbocycles. The Morgan fingerprint density at radius 2 is 1.85 bits per heavy atom. The van der Waals surface area contributed by atoms with E-state index >= 15 is 0 Å². The number of carbonyl (C=O) groups is 1. The number of hydrogen-bond donors (Lipinski definition) is 2. The van der Waals surface area contributed by atoms with Crippen LogP contribution >= 0.6 is 35.3 Å². The molecule has 0 aliphatic carbocycles. The molecule has 0 spiro atoms. The molecular weight excluding hydrogens is 470 g/mol. The lowest BCUT2D eigenvalue weighted by atomic mass is 10.1. The number of hydrogen-bond acceptors (Lipinski definition) is 6. The summed E-state index contributed by atoms with van der Waals surface area (Å²) in [6, 6.07) is 22.1. The highest BCUT2D eigenvalue weighted by molar-refractivity contribution is 7.99. The molecule has 0 unspecified atom stereocenters. The molecule has 2 N–H and O–H groups in total. The maximum absolute atomic E-state index is 12.0. The summed E-state index contributed by atoms with van der Waals surface area (Å²) in [5.74, 6) is 1.54. The zero-order valence-electron chi connectivity index (χ0n) is 18.5. The summed E-state index contributed by atoms with van der Waals surface area (Å²) in [4.78, 5) is 22.4. The van der Waals surface area contributed by atoms with Crippen LogP contribution in [-0.2, 0) is 10.5 Å². The van der Waals surface area contributed by atoms with Gasteiger partial charge in [-0.1, -0.05) is 36.0 Å². The SMILES string of the molecule is CSc1ccc(NC(=O)OCCSc2cccc(CSc3nc4ccccc4[nH]3)c2C)cc1. The predicted molar refractivity (Wildman–Crippen MR) is 141 cm³/mol. The Morgan fingerprint density at radius 3 is 2.64 bits per heavy atom. The largest absolute Gasteiger partial charge is 0.448 e. The molecule has 0 aliphatic rings. The Bertz CT molecular complexity index is 1190. The van der Waals surface area contributed by atoms with Crippen LogP contribution in [0, 0.1) is 6.92 Å². The summed E-state index contributed by atoms with van der Waals surface area (Å²) in [5, 5.41) is 3.69. The van der Waals surface area contributed by atoms with Crippen LogP contribution in [-0.4, -0.2) is 34.7 Å². The van der Waals surface area contributed by atoms with Gasteiger partial charge in [-0.05, 0) is 66.8 Å². The summed E-state index contributed by atoms with van der Waals surface area (Å²) in [7, 11) is 0. The van der Waals surface area contributed by atoms with Gasteiger partial charge in [0.2, 0.25) is 0 Å². The van der Waals surface area contributed by atoms with E-state index in [9.17, 15) is 4.79 Å². The first-order valence-corrected chi connectivity index (χ1v) is 13.7. The number of aromatic amines is 1. The van der Waals surface area contributed by atoms with Crippen LogP contribution in [0.25, 0.3) is 11.0 Å². The zero-order chi connectivity index (χ0) is 23.0. The van der Waals surface area contributed by atoms with E-state index in [0.29, 0.717) is 12.4 Å². The van der Waals surface area contributed by atoms with Gasteiger partial charge in [-0.3, -0.25) is 5.32 Å². The Balaban J connectivity index is 1.24. The van der Waals surface area contributed by atoms with Gasteiger partial charge in [0.25, 0.3) is 0 Å². The number of H-pyrrole nitrogens is 1. The van der Waals surface area contributed by atoms with E-state index in [2.05, 4.69) is 40.4 Å². The normalized spacial score (nSPS) is 11.0. The second-order valence-corrected chi connectivity index (χ2v) is 10.2. The van der Waals surface area contributed by atoms with Crippen LogP contribution in [0.1, 0.15) is 11.1 Å². The Hall–Kier alpha value is -2.55. The molecule has 0 bridgehead atoms. The fourth-order valence-corrected chi connectivity index (χ4v) is 5.50. The summed E-state index contributed by atoms with van der Waals surface area (Å²) in [6.07, 6.45) is 1.59. The molecule has 1 amide bonds. The minimum Gasteiger partial charge on any atom is -0.448 e. The van der Waals surface area contributed by atoms with Gasteiger partial charge in [0, 0.05) is 27.0 Å². The van der Waals surface area contributed by atoms with E-state index in [1.807, 2.05) is 54.8 Å². The maximum atomic E-state index is 12.0. The van der Waals surface area contributed by atoms with Crippen molar-refractivity contribution in [3.63, 3.8) is 0 Å². The number of benzene rings is 3. The summed E-state index contributed by atoms with van der Waals surface area (Å²) in [6.45, 7) is 2.49. The lowest BCUT2D eigenvalue weighted by Crippen LogP contribution is -2.15. The number of amides is 1. The molecule has 1 aromatic heterocycles. The van der Waals surface area contributed by atoms with Crippen molar-refractivity contribution >= 4 is 58.1 Å². The van der Waals surface area contributed by atoms with Crippen LogP contribution in [0.2, 0.25) is 0 Å². The van der Waals surface area contributed by atoms with Crippen LogP contribution < -0.4 is 5.32 Å². The van der Waals surface area contributed by atoms with Crippen molar-refractivity contribution in [1.82, 2.24) is 9.97 Å². The molecule has 4 aromatic rings. The number of para-hydroxylation sites is 2. The van der Waals surface area contributed by atoms with Crippen LogP contribution in [0.5, 0.6) is 0 Å². The van der Waals surface area contributed by atoms with Gasteiger partial charge in [0.15, 0.2) is 5.16 Å². The second kappa shape index (κ2) is 11.5. The number of imidazole rings is 1. The molecule has 0 radical (unpaired) electrons. The summed E-state index contributed by atoms with van der Waals surface area (Å²) >= 11 is 5.07. The molecule has 0 saturated carbocycles. The topological polar surface area (TPSA) is 67.0 Å². The van der Waals surface area contributed by atoms with Crippen molar-refractivity contribution in [3.8, 4) is 0 Å². The molecule has 4 rings (SSSR count). The Morgan fingerprint density at radius 1 is 1.03 bits per heavy atom. The number of ether oxygens (including phenoxy) is 1. The first-order valence-electron chi connectivity index (χ1n) is 10.5. The summed E-state index contributed by atoms with van der Waals surface area (Å²) in [5.41, 5.74) is 5.31. The minimum absolute atomic E-state index is 0.344. The Labute approximate surface area is 206 Å². The number of aromatic nitrogens is 2. The standard InChI is InChI=1S/C25H25N3O2S3/c1-17-18(16-33-24-27-21-7-3-4-8-22(21)28-24)6-5-9-23(17)32-15-14-30-25(29)26-19-10-12-20(31-2)13-11-19/h3-13H,14-16H2,1-2H3,(H,26,29)(H,27,28). The highest BCUT2D eigenvalue weighted by Gasteiger charge is 2.09. The monoisotopic (exact) mass is 495 g/mol. The molecule has 0 atom stereocenters. The van der Waals surface area contributed by atoms with Crippen LogP contribution in [0.15, 0.2) is 81.7 Å². The number of anilines is 1. The molecule has 8 heteroatoms. The third-order valence-corrected chi connectivity index (χ3v) is 7.83. The molecule has 0 saturated heterocycles. The van der Waals surface area contributed by atoms with E-state index in [4.69, 9.17) is 4.74 Å². The third-order valence-electron chi connectivity index (χ3n) is 5.04. The predicted octanol–water partition coefficient (Wildman–Crippen LogP) is 7.23. The molecule has 5 nitrogen and oxygen atoms in total. The van der Waals surface area contributed by atoms with Crippen molar-refractivity contribution < 1.29 is 9.53 Å². The van der Waals surface area contributed by atoms with Gasteiger partial charge in [0.1, 0.15) is 6.61 Å². The third kappa shape index (κ3) is 6.50. The van der Waals surface area contributed by atoms with Gasteiger partial charge in [-0.15, -0.1) is 23.5 Å². The molecule has 0 fully saturated rings. The number of nitrogens with one attached hydrogen (secondary N) is 2. The first-order chi connectivity index (χ1) is 16.1. The van der Waals surface area contributed by atoms with Gasteiger partial charge >= 0.3 is 6.09 Å². The van der Waals surface area contributed by atoms with Crippen molar-refractivity contribution in [2.24, 2.45) is 0 Å². The second-order valence-electron chi connectivity index (χ2n) is 7.23. The summed E-state index contributed by atoms with van der Waals surface area (Å²) < 4.78 is 5.34. The molecule has 0 aliphatic heterocycles. The molecule has 1 heterocycles. The number of carbonyl (C=O) groups excluding carboxylic acids is 1. The first kappa shape index (κ1) is 23.6. The Kier molecular flexibility index (Phi) is 8.25. The van der Waals surface area contributed by atoms with E-state index in [1.165, 1.54) is 16.0 Å². The minimum atomic E-state index is -0.430. The van der Waals surface area contributed by atoms with Gasteiger partial charge < -0.3 is 9.72 Å². The average molecular weight is 496 g/mol. The molecular formula is C25H25N3O2S3. The van der Waals surface area contributed by atoms with Crippen molar-refractivity contribution in [2.75, 3.05) is 23.9 Å². The number of thioether (sulfide) groups is 3. The van der Waals surface area contributed by atoms with Gasteiger partial charge in [-0.2, -0.15) is 0 Å². The van der Waals surface area contributed by atoms with Crippen molar-refractivity contribution in [2.45, 2.75) is 27.6 Å². The highest BCUT2D eigenvalue weighted by Crippen LogP contribution is 2.29. The van der Waals surface area contributed by atoms with Gasteiger partial charge in [0.05, 0.1) is 11.0 Å². The van der Waals surface area contributed by atoms with Crippen LogP contribution in [0.4, 0.5) is 10.5 Å². The number of rotatable bonds is 9. The molecule has 170 valence electrons. The van der Waals surface area contributed by atoms with Crippen molar-refractivity contribution in [1.29, 1.82) is 0 Å². The van der Waals surface area contributed by atoms with Crippen molar-refractivity contribution in [3.05, 3.63) is 77.9 Å². The lowest BCUT2D eigenvalue weighted by Gasteiger charge is -2.11. The van der Waals surface area contributed by atoms with Gasteiger partial charge in [-0.25, -0.2) is 9.78 Å². The molecule has 33 heavy (non-hydrogen) atoms. The van der Waals surface area contributed by atoms with E-state index in [1.54, 1.807) is 35.3 Å². The fraction of sp³-hybridized carbons (Fsp3) is 0.200. The maximum Gasteiger partial charge on any atom is 0.411 e. The average Bonchev–Trinajstić information content (AvgIpc) is 3.25. The highest BCUT2D eigenvalue weighted by atomic mass is 32.2. The smallest absolute Gasteiger partial charge is 0.411 e. The number of fused-ring (bicyclic) bond motifs is 1. The quantitative estimate of drug-likeness (QED) is 0.189. The van der Waals surface area contributed by atoms with E-state index in [0.717, 1.165) is 32.5 Å². The van der Waals surface area contributed by atoms with E-state index in [-0.39, 0.29) is 0 Å². The van der Waals surface area contributed by atoms with Crippen LogP contribution in [0.3, 0.4) is 0 Å². The zero-order valence-corrected chi connectivity index (χ0v) is 20.9. The number of nitrogens with zero attached hydrogens (tertiary/aromatic N) is 1. The fourth-order valence-electron chi connectivity index (χ4n) is 3.23. The lowest BCUT2D eigenvalue weighted by molar-refractivity contribution is 0.169. The van der Waals surface area contributed by atoms with E-state index < -0.39 is 6.09 Å².